The average Bonchev–Trinajstić information content (AvgIpc) is 2.85. The Morgan fingerprint density at radius 3 is 2.85 bits per heavy atom. The van der Waals surface area contributed by atoms with Crippen molar-refractivity contribution in [3.8, 4) is 0 Å². The van der Waals surface area contributed by atoms with E-state index in [1.807, 2.05) is 48.7 Å². The van der Waals surface area contributed by atoms with Gasteiger partial charge in [0.05, 0.1) is 5.56 Å². The van der Waals surface area contributed by atoms with Crippen molar-refractivity contribution in [3.63, 3.8) is 0 Å². The molecule has 0 aliphatic heterocycles. The van der Waals surface area contributed by atoms with Gasteiger partial charge in [-0.05, 0) is 53.6 Å². The van der Waals surface area contributed by atoms with Gasteiger partial charge in [-0.1, -0.05) is 12.1 Å². The maximum Gasteiger partial charge on any atom is 0.258 e. The van der Waals surface area contributed by atoms with Gasteiger partial charge in [-0.3, -0.25) is 4.79 Å². The van der Waals surface area contributed by atoms with E-state index in [0.29, 0.717) is 11.3 Å². The molecular weight excluding hydrogens is 268 g/mol. The van der Waals surface area contributed by atoms with Gasteiger partial charge in [-0.25, -0.2) is 0 Å². The number of thiophene rings is 1. The number of carbonyl (C=O) groups excluding carboxylic acids is 1. The lowest BCUT2D eigenvalue weighted by molar-refractivity contribution is 0.102. The number of anilines is 2. The molecule has 0 saturated carbocycles. The number of benzene rings is 2. The SMILES string of the molecule is Cc1cccc(N)c1C(=O)Nc1ccc2sccc2c1. The molecule has 0 fully saturated rings. The monoisotopic (exact) mass is 282 g/mol. The molecule has 0 atom stereocenters. The summed E-state index contributed by atoms with van der Waals surface area (Å²) in [6.07, 6.45) is 0. The van der Waals surface area contributed by atoms with Gasteiger partial charge in [0.2, 0.25) is 0 Å². The lowest BCUT2D eigenvalue weighted by Gasteiger charge is -2.10. The summed E-state index contributed by atoms with van der Waals surface area (Å²) in [7, 11) is 0. The maximum atomic E-state index is 12.3. The minimum absolute atomic E-state index is 0.171. The first kappa shape index (κ1) is 12.7. The molecule has 0 aliphatic carbocycles. The molecule has 4 heteroatoms. The Bertz CT molecular complexity index is 772. The van der Waals surface area contributed by atoms with Crippen LogP contribution in [-0.4, -0.2) is 5.91 Å². The predicted molar refractivity (Wildman–Crippen MR) is 85.4 cm³/mol. The first-order chi connectivity index (χ1) is 9.65. The molecule has 3 aromatic rings. The first-order valence-electron chi connectivity index (χ1n) is 6.29. The maximum absolute atomic E-state index is 12.3. The van der Waals surface area contributed by atoms with E-state index in [4.69, 9.17) is 5.73 Å². The van der Waals surface area contributed by atoms with Crippen molar-refractivity contribution in [2.24, 2.45) is 0 Å². The molecule has 0 radical (unpaired) electrons. The van der Waals surface area contributed by atoms with E-state index in [9.17, 15) is 4.79 Å². The van der Waals surface area contributed by atoms with Crippen LogP contribution in [0, 0.1) is 6.92 Å². The van der Waals surface area contributed by atoms with E-state index in [0.717, 1.165) is 16.6 Å². The van der Waals surface area contributed by atoms with Crippen LogP contribution >= 0.6 is 11.3 Å². The fraction of sp³-hybridized carbons (Fsp3) is 0.0625. The summed E-state index contributed by atoms with van der Waals surface area (Å²) in [4.78, 5) is 12.3. The van der Waals surface area contributed by atoms with Gasteiger partial charge in [-0.2, -0.15) is 0 Å². The van der Waals surface area contributed by atoms with Crippen LogP contribution in [0.4, 0.5) is 11.4 Å². The number of hydrogen-bond acceptors (Lipinski definition) is 3. The summed E-state index contributed by atoms with van der Waals surface area (Å²) in [5.41, 5.74) is 8.58. The molecule has 2 aromatic carbocycles. The van der Waals surface area contributed by atoms with Crippen LogP contribution in [0.2, 0.25) is 0 Å². The largest absolute Gasteiger partial charge is 0.398 e. The molecule has 0 aliphatic rings. The summed E-state index contributed by atoms with van der Waals surface area (Å²) < 4.78 is 1.21. The van der Waals surface area contributed by atoms with Crippen molar-refractivity contribution in [1.29, 1.82) is 0 Å². The number of hydrogen-bond donors (Lipinski definition) is 2. The van der Waals surface area contributed by atoms with Crippen molar-refractivity contribution < 1.29 is 4.79 Å². The van der Waals surface area contributed by atoms with Crippen LogP contribution in [0.3, 0.4) is 0 Å². The number of carbonyl (C=O) groups is 1. The van der Waals surface area contributed by atoms with E-state index >= 15 is 0 Å². The second kappa shape index (κ2) is 4.98. The molecule has 0 spiro atoms. The van der Waals surface area contributed by atoms with Crippen molar-refractivity contribution >= 4 is 38.7 Å². The van der Waals surface area contributed by atoms with Gasteiger partial charge < -0.3 is 11.1 Å². The fourth-order valence-corrected chi connectivity index (χ4v) is 3.01. The Hall–Kier alpha value is -2.33. The molecule has 0 unspecified atom stereocenters. The van der Waals surface area contributed by atoms with E-state index < -0.39 is 0 Å². The van der Waals surface area contributed by atoms with Crippen LogP contribution in [-0.2, 0) is 0 Å². The molecule has 3 nitrogen and oxygen atoms in total. The molecule has 3 N–H and O–H groups in total. The Morgan fingerprint density at radius 2 is 2.05 bits per heavy atom. The number of aryl methyl sites for hydroxylation is 1. The van der Waals surface area contributed by atoms with Crippen LogP contribution in [0.15, 0.2) is 47.8 Å². The van der Waals surface area contributed by atoms with Gasteiger partial charge in [0.15, 0.2) is 0 Å². The average molecular weight is 282 g/mol. The Balaban J connectivity index is 1.92. The van der Waals surface area contributed by atoms with E-state index in [-0.39, 0.29) is 5.91 Å². The molecule has 1 aromatic heterocycles. The van der Waals surface area contributed by atoms with Crippen molar-refractivity contribution in [3.05, 3.63) is 59.0 Å². The summed E-state index contributed by atoms with van der Waals surface area (Å²) in [5, 5.41) is 6.07. The Morgan fingerprint density at radius 1 is 1.20 bits per heavy atom. The van der Waals surface area contributed by atoms with E-state index in [2.05, 4.69) is 5.32 Å². The van der Waals surface area contributed by atoms with Gasteiger partial charge in [0.25, 0.3) is 5.91 Å². The number of nitrogen functional groups attached to an aromatic ring is 1. The number of nitrogens with two attached hydrogens (primary N) is 1. The molecule has 100 valence electrons. The zero-order chi connectivity index (χ0) is 14.1. The van der Waals surface area contributed by atoms with Gasteiger partial charge in [-0.15, -0.1) is 11.3 Å². The smallest absolute Gasteiger partial charge is 0.258 e. The second-order valence-corrected chi connectivity index (χ2v) is 5.61. The third-order valence-electron chi connectivity index (χ3n) is 3.24. The summed E-state index contributed by atoms with van der Waals surface area (Å²) in [5.74, 6) is -0.171. The lowest BCUT2D eigenvalue weighted by Crippen LogP contribution is -2.15. The quantitative estimate of drug-likeness (QED) is 0.697. The van der Waals surface area contributed by atoms with E-state index in [1.165, 1.54) is 4.70 Å². The lowest BCUT2D eigenvalue weighted by atomic mass is 10.1. The molecular formula is C16H14N2OS. The molecule has 1 heterocycles. The molecule has 3 rings (SSSR count). The number of fused-ring (bicyclic) bond motifs is 1. The summed E-state index contributed by atoms with van der Waals surface area (Å²) >= 11 is 1.68. The zero-order valence-electron chi connectivity index (χ0n) is 11.0. The van der Waals surface area contributed by atoms with Crippen molar-refractivity contribution in [2.75, 3.05) is 11.1 Å². The number of rotatable bonds is 2. The topological polar surface area (TPSA) is 55.1 Å². The molecule has 0 saturated heterocycles. The van der Waals surface area contributed by atoms with Crippen LogP contribution in [0.5, 0.6) is 0 Å². The summed E-state index contributed by atoms with van der Waals surface area (Å²) in [6, 6.07) is 13.4. The third-order valence-corrected chi connectivity index (χ3v) is 4.14. The standard InChI is InChI=1S/C16H14N2OS/c1-10-3-2-4-13(17)15(10)16(19)18-12-5-6-14-11(9-12)7-8-20-14/h2-9H,17H2,1H3,(H,18,19). The highest BCUT2D eigenvalue weighted by molar-refractivity contribution is 7.17. The number of nitrogens with one attached hydrogen (secondary N) is 1. The molecule has 20 heavy (non-hydrogen) atoms. The molecule has 0 bridgehead atoms. The van der Waals surface area contributed by atoms with Crippen LogP contribution in [0.1, 0.15) is 15.9 Å². The van der Waals surface area contributed by atoms with Crippen LogP contribution < -0.4 is 11.1 Å². The first-order valence-corrected chi connectivity index (χ1v) is 7.17. The highest BCUT2D eigenvalue weighted by Gasteiger charge is 2.12. The Kier molecular flexibility index (Phi) is 3.16. The summed E-state index contributed by atoms with van der Waals surface area (Å²) in [6.45, 7) is 1.88. The van der Waals surface area contributed by atoms with Crippen LogP contribution in [0.25, 0.3) is 10.1 Å². The normalized spacial score (nSPS) is 10.7. The molecule has 1 amide bonds. The highest BCUT2D eigenvalue weighted by atomic mass is 32.1. The van der Waals surface area contributed by atoms with Gasteiger partial charge in [0, 0.05) is 16.1 Å². The zero-order valence-corrected chi connectivity index (χ0v) is 11.8. The number of amides is 1. The second-order valence-electron chi connectivity index (χ2n) is 4.67. The van der Waals surface area contributed by atoms with Crippen molar-refractivity contribution in [2.45, 2.75) is 6.92 Å². The minimum atomic E-state index is -0.171. The minimum Gasteiger partial charge on any atom is -0.398 e. The van der Waals surface area contributed by atoms with E-state index in [1.54, 1.807) is 17.4 Å². The van der Waals surface area contributed by atoms with Crippen molar-refractivity contribution in [1.82, 2.24) is 0 Å². The predicted octanol–water partition coefficient (Wildman–Crippen LogP) is 4.04. The van der Waals surface area contributed by atoms with Gasteiger partial charge >= 0.3 is 0 Å². The third kappa shape index (κ3) is 2.26. The Labute approximate surface area is 121 Å². The fourth-order valence-electron chi connectivity index (χ4n) is 2.24. The van der Waals surface area contributed by atoms with Gasteiger partial charge in [0.1, 0.15) is 0 Å². The highest BCUT2D eigenvalue weighted by Crippen LogP contribution is 2.25.